The number of hydrogen-bond donors (Lipinski definition) is 0. The summed E-state index contributed by atoms with van der Waals surface area (Å²) in [5.74, 6) is 0. The first kappa shape index (κ1) is 11.0. The van der Waals surface area contributed by atoms with Crippen LogP contribution in [0.25, 0.3) is 0 Å². The van der Waals surface area contributed by atoms with Crippen molar-refractivity contribution in [3.8, 4) is 0 Å². The third-order valence-electron chi connectivity index (χ3n) is 1.29. The molecule has 1 rings (SSSR count). The molecule has 0 spiro atoms. The van der Waals surface area contributed by atoms with Gasteiger partial charge in [-0.1, -0.05) is 36.5 Å². The summed E-state index contributed by atoms with van der Waals surface area (Å²) in [6, 6.07) is 0. The molecule has 0 bridgehead atoms. The van der Waals surface area contributed by atoms with Gasteiger partial charge in [0.15, 0.2) is 0 Å². The van der Waals surface area contributed by atoms with Gasteiger partial charge in [0.05, 0.1) is 8.47 Å². The summed E-state index contributed by atoms with van der Waals surface area (Å²) in [5.41, 5.74) is 0. The Morgan fingerprint density at radius 2 is 1.67 bits per heavy atom. The van der Waals surface area contributed by atoms with Crippen molar-refractivity contribution < 1.29 is 0 Å². The Morgan fingerprint density at radius 1 is 1.17 bits per heavy atom. The summed E-state index contributed by atoms with van der Waals surface area (Å²) in [5, 5.41) is 0. The molecule has 68 valence electrons. The zero-order valence-electron chi connectivity index (χ0n) is 7.42. The van der Waals surface area contributed by atoms with Crippen LogP contribution in [0.3, 0.4) is 0 Å². The molecule has 0 aromatic carbocycles. The molecule has 0 N–H and O–H groups in total. The highest BCUT2D eigenvalue weighted by molar-refractivity contribution is 8.40. The SMILES string of the molecule is CCC=C1SC(SC)=C(SC)S1. The molecule has 4 heteroatoms. The summed E-state index contributed by atoms with van der Waals surface area (Å²) in [6.45, 7) is 2.18. The second kappa shape index (κ2) is 5.58. The molecule has 0 aromatic rings. The standard InChI is InChI=1S/C8H12S4/c1-4-5-6-11-7(9-2)8(10-3)12-6/h5H,4H2,1-3H3. The fraction of sp³-hybridized carbons (Fsp3) is 0.500. The zero-order valence-corrected chi connectivity index (χ0v) is 10.7. The van der Waals surface area contributed by atoms with Crippen LogP contribution in [-0.2, 0) is 0 Å². The van der Waals surface area contributed by atoms with Crippen LogP contribution in [-0.4, -0.2) is 12.5 Å². The molecule has 1 heterocycles. The zero-order chi connectivity index (χ0) is 8.97. The Balaban J connectivity index is 2.65. The van der Waals surface area contributed by atoms with Crippen LogP contribution in [0.4, 0.5) is 0 Å². The van der Waals surface area contributed by atoms with Gasteiger partial charge in [-0.2, -0.15) is 0 Å². The van der Waals surface area contributed by atoms with E-state index in [0.717, 1.165) is 6.42 Å². The minimum Gasteiger partial charge on any atom is -0.121 e. The van der Waals surface area contributed by atoms with Gasteiger partial charge in [0.1, 0.15) is 0 Å². The van der Waals surface area contributed by atoms with Gasteiger partial charge in [-0.05, 0) is 18.9 Å². The van der Waals surface area contributed by atoms with Crippen LogP contribution >= 0.6 is 47.0 Å². The number of allylic oxidation sites excluding steroid dienone is 1. The first-order chi connectivity index (χ1) is 5.81. The van der Waals surface area contributed by atoms with Crippen molar-refractivity contribution in [1.29, 1.82) is 0 Å². The lowest BCUT2D eigenvalue weighted by Crippen LogP contribution is -1.63. The van der Waals surface area contributed by atoms with E-state index < -0.39 is 0 Å². The van der Waals surface area contributed by atoms with Crippen molar-refractivity contribution in [2.45, 2.75) is 13.3 Å². The maximum atomic E-state index is 2.30. The van der Waals surface area contributed by atoms with Gasteiger partial charge in [-0.15, -0.1) is 23.5 Å². The topological polar surface area (TPSA) is 0 Å². The second-order valence-corrected chi connectivity index (χ2v) is 6.63. The lowest BCUT2D eigenvalue weighted by atomic mass is 10.5. The molecule has 0 nitrogen and oxygen atoms in total. The van der Waals surface area contributed by atoms with Gasteiger partial charge < -0.3 is 0 Å². The maximum Gasteiger partial charge on any atom is 0.0656 e. The Kier molecular flexibility index (Phi) is 5.09. The average Bonchev–Trinajstić information content (AvgIpc) is 2.48. The minimum absolute atomic E-state index is 1.14. The molecule has 0 saturated carbocycles. The number of rotatable bonds is 3. The Bertz CT molecular complexity index is 199. The van der Waals surface area contributed by atoms with Gasteiger partial charge in [0.2, 0.25) is 0 Å². The molecule has 0 amide bonds. The highest BCUT2D eigenvalue weighted by Crippen LogP contribution is 2.56. The first-order valence-corrected chi connectivity index (χ1v) is 7.78. The van der Waals surface area contributed by atoms with Gasteiger partial charge in [-0.25, -0.2) is 0 Å². The lowest BCUT2D eigenvalue weighted by molar-refractivity contribution is 1.23. The van der Waals surface area contributed by atoms with Crippen molar-refractivity contribution in [2.75, 3.05) is 12.5 Å². The Hall–Kier alpha value is 0.880. The van der Waals surface area contributed by atoms with E-state index in [2.05, 4.69) is 25.5 Å². The van der Waals surface area contributed by atoms with Crippen LogP contribution < -0.4 is 0 Å². The monoisotopic (exact) mass is 236 g/mol. The van der Waals surface area contributed by atoms with Crippen LogP contribution in [0.5, 0.6) is 0 Å². The van der Waals surface area contributed by atoms with Crippen molar-refractivity contribution in [3.63, 3.8) is 0 Å². The normalized spacial score (nSPS) is 17.4. The van der Waals surface area contributed by atoms with E-state index in [-0.39, 0.29) is 0 Å². The number of thioether (sulfide) groups is 4. The average molecular weight is 236 g/mol. The molecule has 0 atom stereocenters. The lowest BCUT2D eigenvalue weighted by Gasteiger charge is -1.94. The third kappa shape index (κ3) is 2.69. The largest absolute Gasteiger partial charge is 0.121 e. The van der Waals surface area contributed by atoms with E-state index in [1.54, 1.807) is 0 Å². The predicted molar refractivity (Wildman–Crippen MR) is 67.6 cm³/mol. The van der Waals surface area contributed by atoms with E-state index in [9.17, 15) is 0 Å². The Labute approximate surface area is 91.4 Å². The van der Waals surface area contributed by atoms with Gasteiger partial charge in [0, 0.05) is 4.24 Å². The molecule has 0 aliphatic carbocycles. The van der Waals surface area contributed by atoms with E-state index in [0.29, 0.717) is 0 Å². The molecule has 0 unspecified atom stereocenters. The second-order valence-electron chi connectivity index (χ2n) is 2.12. The van der Waals surface area contributed by atoms with Gasteiger partial charge in [0.25, 0.3) is 0 Å². The predicted octanol–water partition coefficient (Wildman–Crippen LogP) is 4.57. The van der Waals surface area contributed by atoms with Crippen molar-refractivity contribution in [3.05, 3.63) is 18.8 Å². The first-order valence-electron chi connectivity index (χ1n) is 3.70. The van der Waals surface area contributed by atoms with Gasteiger partial charge in [-0.3, -0.25) is 0 Å². The molecule has 0 radical (unpaired) electrons. The van der Waals surface area contributed by atoms with Gasteiger partial charge >= 0.3 is 0 Å². The quantitative estimate of drug-likeness (QED) is 0.703. The van der Waals surface area contributed by atoms with Crippen LogP contribution in [0.2, 0.25) is 0 Å². The summed E-state index contributed by atoms with van der Waals surface area (Å²) in [6.07, 6.45) is 7.73. The summed E-state index contributed by atoms with van der Waals surface area (Å²) in [7, 11) is 0. The molecule has 0 aromatic heterocycles. The number of hydrogen-bond acceptors (Lipinski definition) is 4. The van der Waals surface area contributed by atoms with Crippen molar-refractivity contribution >= 4 is 47.0 Å². The van der Waals surface area contributed by atoms with Crippen LogP contribution in [0, 0.1) is 0 Å². The molecular weight excluding hydrogens is 224 g/mol. The summed E-state index contributed by atoms with van der Waals surface area (Å²) < 4.78 is 4.38. The van der Waals surface area contributed by atoms with E-state index in [1.807, 2.05) is 47.0 Å². The third-order valence-corrected chi connectivity index (χ3v) is 6.48. The minimum atomic E-state index is 1.14. The molecule has 1 aliphatic heterocycles. The fourth-order valence-corrected chi connectivity index (χ4v) is 5.84. The van der Waals surface area contributed by atoms with Crippen molar-refractivity contribution in [1.82, 2.24) is 0 Å². The van der Waals surface area contributed by atoms with E-state index in [1.165, 1.54) is 12.7 Å². The molecule has 0 fully saturated rings. The fourth-order valence-electron chi connectivity index (χ4n) is 0.787. The van der Waals surface area contributed by atoms with Crippen molar-refractivity contribution in [2.24, 2.45) is 0 Å². The van der Waals surface area contributed by atoms with Crippen LogP contribution in [0.15, 0.2) is 18.8 Å². The molecular formula is C8H12S4. The highest BCUT2D eigenvalue weighted by atomic mass is 32.3. The summed E-state index contributed by atoms with van der Waals surface area (Å²) in [4.78, 5) is 0. The smallest absolute Gasteiger partial charge is 0.0656 e. The molecule has 1 aliphatic rings. The van der Waals surface area contributed by atoms with E-state index >= 15 is 0 Å². The summed E-state index contributed by atoms with van der Waals surface area (Å²) >= 11 is 7.54. The highest BCUT2D eigenvalue weighted by Gasteiger charge is 2.18. The maximum absolute atomic E-state index is 2.30. The van der Waals surface area contributed by atoms with Crippen LogP contribution in [0.1, 0.15) is 13.3 Å². The Morgan fingerprint density at radius 3 is 2.00 bits per heavy atom. The molecule has 12 heavy (non-hydrogen) atoms. The molecule has 0 saturated heterocycles. The van der Waals surface area contributed by atoms with E-state index in [4.69, 9.17) is 0 Å².